The maximum absolute atomic E-state index is 11.7. The molecule has 1 heterocycles. The largest absolute Gasteiger partial charge is 0.497 e. The number of benzene rings is 1. The molecule has 21 heavy (non-hydrogen) atoms. The summed E-state index contributed by atoms with van der Waals surface area (Å²) in [5, 5.41) is 13.6. The Hall–Kier alpha value is -2.30. The number of hydrogen-bond donors (Lipinski definition) is 1. The van der Waals surface area contributed by atoms with Crippen molar-refractivity contribution in [2.75, 3.05) is 7.11 Å². The Morgan fingerprint density at radius 2 is 2.14 bits per heavy atom. The summed E-state index contributed by atoms with van der Waals surface area (Å²) in [6.07, 6.45) is 4.15. The summed E-state index contributed by atoms with van der Waals surface area (Å²) >= 11 is 0. The third-order valence-electron chi connectivity index (χ3n) is 4.00. The van der Waals surface area contributed by atoms with Crippen molar-refractivity contribution in [1.29, 1.82) is 0 Å². The van der Waals surface area contributed by atoms with E-state index in [1.807, 2.05) is 18.2 Å². The Morgan fingerprint density at radius 3 is 2.81 bits per heavy atom. The minimum atomic E-state index is -0.990. The van der Waals surface area contributed by atoms with Crippen LogP contribution in [-0.2, 0) is 0 Å². The number of ether oxygens (including phenoxy) is 1. The third kappa shape index (κ3) is 2.51. The molecule has 0 spiro atoms. The van der Waals surface area contributed by atoms with Crippen LogP contribution in [0.25, 0.3) is 11.3 Å². The molecule has 0 bridgehead atoms. The highest BCUT2D eigenvalue weighted by Gasteiger charge is 2.30. The van der Waals surface area contributed by atoms with Crippen molar-refractivity contribution < 1.29 is 19.2 Å². The summed E-state index contributed by atoms with van der Waals surface area (Å²) in [5.74, 6) is 0.353. The lowest BCUT2D eigenvalue weighted by Crippen LogP contribution is -2.04. The number of nitrogens with zero attached hydrogens (tertiary/aromatic N) is 1. The molecule has 0 saturated heterocycles. The zero-order chi connectivity index (χ0) is 14.8. The van der Waals surface area contributed by atoms with Crippen molar-refractivity contribution >= 4 is 5.97 Å². The monoisotopic (exact) mass is 287 g/mol. The lowest BCUT2D eigenvalue weighted by molar-refractivity contribution is 0.0694. The minimum Gasteiger partial charge on any atom is -0.497 e. The molecule has 0 unspecified atom stereocenters. The second kappa shape index (κ2) is 5.60. The van der Waals surface area contributed by atoms with Crippen LogP contribution in [0, 0.1) is 0 Å². The molecule has 0 atom stereocenters. The predicted molar refractivity (Wildman–Crippen MR) is 76.7 cm³/mol. The zero-order valence-corrected chi connectivity index (χ0v) is 11.8. The quantitative estimate of drug-likeness (QED) is 0.928. The molecular weight excluding hydrogens is 270 g/mol. The smallest absolute Gasteiger partial charge is 0.341 e. The first kappa shape index (κ1) is 13.7. The van der Waals surface area contributed by atoms with Crippen molar-refractivity contribution in [3.05, 3.63) is 35.6 Å². The number of carboxylic acids is 1. The third-order valence-corrected chi connectivity index (χ3v) is 4.00. The lowest BCUT2D eigenvalue weighted by atomic mass is 9.97. The average molecular weight is 287 g/mol. The van der Waals surface area contributed by atoms with Crippen molar-refractivity contribution in [3.8, 4) is 17.0 Å². The normalized spacial score (nSPS) is 15.3. The van der Waals surface area contributed by atoms with E-state index in [1.165, 1.54) is 0 Å². The summed E-state index contributed by atoms with van der Waals surface area (Å²) in [6.45, 7) is 0. The van der Waals surface area contributed by atoms with Gasteiger partial charge in [-0.05, 0) is 25.0 Å². The van der Waals surface area contributed by atoms with Crippen LogP contribution in [0.4, 0.5) is 0 Å². The van der Waals surface area contributed by atoms with E-state index in [4.69, 9.17) is 9.26 Å². The van der Waals surface area contributed by atoms with E-state index in [-0.39, 0.29) is 11.5 Å². The van der Waals surface area contributed by atoms with Gasteiger partial charge in [0.05, 0.1) is 7.11 Å². The number of hydrogen-bond acceptors (Lipinski definition) is 4. The average Bonchev–Trinajstić information content (AvgIpc) is 3.15. The first-order chi connectivity index (χ1) is 10.2. The van der Waals surface area contributed by atoms with Gasteiger partial charge in [-0.15, -0.1) is 0 Å². The molecule has 5 heteroatoms. The van der Waals surface area contributed by atoms with Crippen LogP contribution in [-0.4, -0.2) is 23.3 Å². The highest BCUT2D eigenvalue weighted by atomic mass is 16.5. The first-order valence-electron chi connectivity index (χ1n) is 7.08. The van der Waals surface area contributed by atoms with Gasteiger partial charge in [0.25, 0.3) is 0 Å². The van der Waals surface area contributed by atoms with Crippen LogP contribution in [0.3, 0.4) is 0 Å². The summed E-state index contributed by atoms with van der Waals surface area (Å²) < 4.78 is 10.6. The van der Waals surface area contributed by atoms with Gasteiger partial charge in [-0.2, -0.15) is 0 Å². The molecule has 3 rings (SSSR count). The molecule has 110 valence electrons. The Balaban J connectivity index is 2.07. The van der Waals surface area contributed by atoms with Crippen molar-refractivity contribution in [3.63, 3.8) is 0 Å². The molecule has 2 aromatic rings. The van der Waals surface area contributed by atoms with E-state index in [1.54, 1.807) is 13.2 Å². The van der Waals surface area contributed by atoms with Crippen LogP contribution in [0.5, 0.6) is 5.75 Å². The highest BCUT2D eigenvalue weighted by Crippen LogP contribution is 2.39. The summed E-state index contributed by atoms with van der Waals surface area (Å²) in [4.78, 5) is 11.7. The SMILES string of the molecule is COc1cccc(-c2noc(C3CCCC3)c2C(=O)O)c1. The van der Waals surface area contributed by atoms with Gasteiger partial charge in [-0.3, -0.25) is 0 Å². The van der Waals surface area contributed by atoms with Gasteiger partial charge in [-0.25, -0.2) is 4.79 Å². The molecule has 5 nitrogen and oxygen atoms in total. The van der Waals surface area contributed by atoms with Gasteiger partial charge < -0.3 is 14.4 Å². The van der Waals surface area contributed by atoms with Gasteiger partial charge >= 0.3 is 5.97 Å². The molecule has 1 aromatic carbocycles. The van der Waals surface area contributed by atoms with Crippen LogP contribution in [0.15, 0.2) is 28.8 Å². The van der Waals surface area contributed by atoms with Crippen LogP contribution < -0.4 is 4.74 Å². The van der Waals surface area contributed by atoms with Gasteiger partial charge in [0.15, 0.2) is 5.76 Å². The van der Waals surface area contributed by atoms with Crippen LogP contribution in [0.2, 0.25) is 0 Å². The van der Waals surface area contributed by atoms with E-state index < -0.39 is 5.97 Å². The van der Waals surface area contributed by atoms with Crippen molar-refractivity contribution in [2.24, 2.45) is 0 Å². The van der Waals surface area contributed by atoms with E-state index in [0.29, 0.717) is 22.8 Å². The van der Waals surface area contributed by atoms with Crippen molar-refractivity contribution in [1.82, 2.24) is 5.16 Å². The summed E-state index contributed by atoms with van der Waals surface area (Å²) in [6, 6.07) is 7.19. The van der Waals surface area contributed by atoms with E-state index in [2.05, 4.69) is 5.16 Å². The molecular formula is C16H17NO4. The number of rotatable bonds is 4. The van der Waals surface area contributed by atoms with E-state index in [0.717, 1.165) is 25.7 Å². The molecule has 0 radical (unpaired) electrons. The second-order valence-electron chi connectivity index (χ2n) is 5.29. The van der Waals surface area contributed by atoms with Gasteiger partial charge in [0.2, 0.25) is 0 Å². The topological polar surface area (TPSA) is 72.6 Å². The second-order valence-corrected chi connectivity index (χ2v) is 5.29. The highest BCUT2D eigenvalue weighted by molar-refractivity contribution is 5.96. The number of aromatic nitrogens is 1. The molecule has 0 amide bonds. The molecule has 1 aliphatic carbocycles. The number of carboxylic acid groups (broad SMARTS) is 1. The maximum atomic E-state index is 11.7. The molecule has 1 N–H and O–H groups in total. The summed E-state index contributed by atoms with van der Waals surface area (Å²) in [7, 11) is 1.57. The number of aromatic carboxylic acids is 1. The fraction of sp³-hybridized carbons (Fsp3) is 0.375. The van der Waals surface area contributed by atoms with Crippen LogP contribution >= 0.6 is 0 Å². The van der Waals surface area contributed by atoms with E-state index in [9.17, 15) is 9.90 Å². The molecule has 1 aliphatic rings. The molecule has 1 fully saturated rings. The number of carbonyl (C=O) groups is 1. The zero-order valence-electron chi connectivity index (χ0n) is 11.8. The summed E-state index contributed by atoms with van der Waals surface area (Å²) in [5.41, 5.74) is 1.26. The Morgan fingerprint density at radius 1 is 1.38 bits per heavy atom. The lowest BCUT2D eigenvalue weighted by Gasteiger charge is -2.06. The van der Waals surface area contributed by atoms with Gasteiger partial charge in [0.1, 0.15) is 17.0 Å². The standard InChI is InChI=1S/C16H17NO4/c1-20-12-8-4-7-11(9-12)14-13(16(18)19)15(21-17-14)10-5-2-3-6-10/h4,7-10H,2-3,5-6H2,1H3,(H,18,19). The minimum absolute atomic E-state index is 0.169. The van der Waals surface area contributed by atoms with E-state index >= 15 is 0 Å². The maximum Gasteiger partial charge on any atom is 0.341 e. The Bertz CT molecular complexity index is 656. The molecule has 0 aliphatic heterocycles. The van der Waals surface area contributed by atoms with Gasteiger partial charge in [-0.1, -0.05) is 30.1 Å². The predicted octanol–water partition coefficient (Wildman–Crippen LogP) is 3.71. The van der Waals surface area contributed by atoms with Crippen LogP contribution in [0.1, 0.15) is 47.7 Å². The fourth-order valence-electron chi connectivity index (χ4n) is 2.94. The van der Waals surface area contributed by atoms with Crippen molar-refractivity contribution in [2.45, 2.75) is 31.6 Å². The Kier molecular flexibility index (Phi) is 3.64. The van der Waals surface area contributed by atoms with Gasteiger partial charge in [0, 0.05) is 11.5 Å². The number of methoxy groups -OCH3 is 1. The first-order valence-corrected chi connectivity index (χ1v) is 7.08. The Labute approximate surface area is 122 Å². The molecule has 1 aromatic heterocycles. The fourth-order valence-corrected chi connectivity index (χ4v) is 2.94. The molecule has 1 saturated carbocycles.